The Kier molecular flexibility index (Phi) is 2.39. The summed E-state index contributed by atoms with van der Waals surface area (Å²) in [5.74, 6) is 2.85. The molecule has 0 bridgehead atoms. The Balaban J connectivity index is 2.11. The third kappa shape index (κ3) is 1.42. The Labute approximate surface area is 95.3 Å². The molecule has 2 aliphatic rings. The van der Waals surface area contributed by atoms with Gasteiger partial charge in [-0.2, -0.15) is 0 Å². The van der Waals surface area contributed by atoms with Gasteiger partial charge in [0.05, 0.1) is 19.8 Å². The Morgan fingerprint density at radius 2 is 2.06 bits per heavy atom. The number of benzene rings is 1. The molecule has 0 spiro atoms. The zero-order valence-electron chi connectivity index (χ0n) is 9.54. The molecule has 0 aromatic heterocycles. The van der Waals surface area contributed by atoms with E-state index in [-0.39, 0.29) is 0 Å². The van der Waals surface area contributed by atoms with E-state index in [1.807, 2.05) is 6.92 Å². The van der Waals surface area contributed by atoms with Crippen LogP contribution in [0.2, 0.25) is 0 Å². The van der Waals surface area contributed by atoms with Gasteiger partial charge in [-0.3, -0.25) is 0 Å². The number of hydrogen-bond acceptors (Lipinski definition) is 3. The summed E-state index contributed by atoms with van der Waals surface area (Å²) >= 11 is 0. The molecule has 1 aromatic carbocycles. The van der Waals surface area contributed by atoms with Gasteiger partial charge in [-0.25, -0.2) is 0 Å². The molecular weight excluding hydrogens is 204 g/mol. The van der Waals surface area contributed by atoms with Gasteiger partial charge in [0.15, 0.2) is 11.5 Å². The maximum atomic E-state index is 5.76. The molecule has 2 heterocycles. The van der Waals surface area contributed by atoms with Gasteiger partial charge in [0.2, 0.25) is 0 Å². The molecule has 0 saturated heterocycles. The van der Waals surface area contributed by atoms with E-state index in [2.05, 4.69) is 6.07 Å². The molecule has 16 heavy (non-hydrogen) atoms. The molecule has 0 saturated carbocycles. The Morgan fingerprint density at radius 3 is 2.94 bits per heavy atom. The first-order chi connectivity index (χ1) is 7.90. The van der Waals surface area contributed by atoms with E-state index >= 15 is 0 Å². The highest BCUT2D eigenvalue weighted by Crippen LogP contribution is 2.45. The van der Waals surface area contributed by atoms with E-state index in [1.54, 1.807) is 0 Å². The average Bonchev–Trinajstić information content (AvgIpc) is 2.79. The fourth-order valence-corrected chi connectivity index (χ4v) is 2.44. The predicted octanol–water partition coefficient (Wildman–Crippen LogP) is 2.35. The van der Waals surface area contributed by atoms with Gasteiger partial charge in [0, 0.05) is 12.0 Å². The summed E-state index contributed by atoms with van der Waals surface area (Å²) < 4.78 is 17.0. The maximum Gasteiger partial charge on any atom is 0.168 e. The first kappa shape index (κ1) is 9.82. The van der Waals surface area contributed by atoms with Crippen LogP contribution in [0.3, 0.4) is 0 Å². The SMILES string of the molecule is CCOc1cc2c(c3c1OCC3)OCCC2. The largest absolute Gasteiger partial charge is 0.493 e. The predicted molar refractivity (Wildman–Crippen MR) is 60.6 cm³/mol. The van der Waals surface area contributed by atoms with Crippen LogP contribution in [-0.2, 0) is 12.8 Å². The molecule has 0 N–H and O–H groups in total. The standard InChI is InChI=1S/C13H16O3/c1-2-14-11-8-9-4-3-6-15-12(9)10-5-7-16-13(10)11/h8H,2-7H2,1H3. The lowest BCUT2D eigenvalue weighted by Gasteiger charge is -2.21. The smallest absolute Gasteiger partial charge is 0.168 e. The van der Waals surface area contributed by atoms with Crippen molar-refractivity contribution in [3.8, 4) is 17.2 Å². The van der Waals surface area contributed by atoms with Crippen LogP contribution >= 0.6 is 0 Å². The third-order valence-electron chi connectivity index (χ3n) is 3.10. The van der Waals surface area contributed by atoms with Crippen LogP contribution in [0.25, 0.3) is 0 Å². The van der Waals surface area contributed by atoms with Gasteiger partial charge in [0.1, 0.15) is 5.75 Å². The average molecular weight is 220 g/mol. The number of fused-ring (bicyclic) bond motifs is 3. The lowest BCUT2D eigenvalue weighted by Crippen LogP contribution is -2.10. The van der Waals surface area contributed by atoms with Crippen molar-refractivity contribution in [1.29, 1.82) is 0 Å². The molecule has 1 aromatic rings. The van der Waals surface area contributed by atoms with E-state index in [0.717, 1.165) is 49.7 Å². The fourth-order valence-electron chi connectivity index (χ4n) is 2.44. The van der Waals surface area contributed by atoms with Gasteiger partial charge >= 0.3 is 0 Å². The van der Waals surface area contributed by atoms with Crippen molar-refractivity contribution in [2.45, 2.75) is 26.2 Å². The first-order valence-electron chi connectivity index (χ1n) is 5.97. The van der Waals surface area contributed by atoms with Crippen LogP contribution in [0, 0.1) is 0 Å². The highest BCUT2D eigenvalue weighted by molar-refractivity contribution is 5.60. The van der Waals surface area contributed by atoms with Gasteiger partial charge in [-0.1, -0.05) is 0 Å². The minimum Gasteiger partial charge on any atom is -0.493 e. The first-order valence-corrected chi connectivity index (χ1v) is 5.97. The summed E-state index contributed by atoms with van der Waals surface area (Å²) in [6, 6.07) is 2.09. The maximum absolute atomic E-state index is 5.76. The van der Waals surface area contributed by atoms with E-state index in [1.165, 1.54) is 11.1 Å². The lowest BCUT2D eigenvalue weighted by atomic mass is 10.00. The number of aryl methyl sites for hydroxylation is 1. The summed E-state index contributed by atoms with van der Waals surface area (Å²) in [7, 11) is 0. The number of rotatable bonds is 2. The minimum atomic E-state index is 0.676. The quantitative estimate of drug-likeness (QED) is 0.765. The second kappa shape index (κ2) is 3.89. The molecule has 0 amide bonds. The van der Waals surface area contributed by atoms with Crippen molar-refractivity contribution < 1.29 is 14.2 Å². The zero-order valence-corrected chi connectivity index (χ0v) is 9.54. The highest BCUT2D eigenvalue weighted by atomic mass is 16.5. The minimum absolute atomic E-state index is 0.676. The second-order valence-corrected chi connectivity index (χ2v) is 4.15. The molecule has 0 aliphatic carbocycles. The fraction of sp³-hybridized carbons (Fsp3) is 0.538. The molecule has 3 rings (SSSR count). The van der Waals surface area contributed by atoms with E-state index in [0.29, 0.717) is 6.61 Å². The Hall–Kier alpha value is -1.38. The molecule has 3 nitrogen and oxygen atoms in total. The van der Waals surface area contributed by atoms with E-state index in [4.69, 9.17) is 14.2 Å². The van der Waals surface area contributed by atoms with Crippen molar-refractivity contribution in [2.24, 2.45) is 0 Å². The molecule has 2 aliphatic heterocycles. The Bertz CT molecular complexity index is 412. The highest BCUT2D eigenvalue weighted by Gasteiger charge is 2.26. The van der Waals surface area contributed by atoms with Crippen LogP contribution in [-0.4, -0.2) is 19.8 Å². The molecule has 0 atom stereocenters. The van der Waals surface area contributed by atoms with Crippen molar-refractivity contribution in [2.75, 3.05) is 19.8 Å². The molecule has 0 fully saturated rings. The number of ether oxygens (including phenoxy) is 3. The van der Waals surface area contributed by atoms with Crippen LogP contribution < -0.4 is 14.2 Å². The molecule has 86 valence electrons. The van der Waals surface area contributed by atoms with Gasteiger partial charge in [0.25, 0.3) is 0 Å². The molecule has 3 heteroatoms. The normalized spacial score (nSPS) is 17.1. The molecule has 0 unspecified atom stereocenters. The van der Waals surface area contributed by atoms with E-state index < -0.39 is 0 Å². The van der Waals surface area contributed by atoms with Crippen molar-refractivity contribution >= 4 is 0 Å². The van der Waals surface area contributed by atoms with Gasteiger partial charge in [-0.15, -0.1) is 0 Å². The lowest BCUT2D eigenvalue weighted by molar-refractivity contribution is 0.279. The van der Waals surface area contributed by atoms with Gasteiger partial charge < -0.3 is 14.2 Å². The van der Waals surface area contributed by atoms with Crippen LogP contribution in [0.15, 0.2) is 6.07 Å². The third-order valence-corrected chi connectivity index (χ3v) is 3.10. The molecule has 0 radical (unpaired) electrons. The summed E-state index contributed by atoms with van der Waals surface area (Å²) in [6.07, 6.45) is 3.12. The Morgan fingerprint density at radius 1 is 1.19 bits per heavy atom. The van der Waals surface area contributed by atoms with Crippen molar-refractivity contribution in [3.63, 3.8) is 0 Å². The van der Waals surface area contributed by atoms with Crippen LogP contribution in [0.5, 0.6) is 17.2 Å². The summed E-state index contributed by atoms with van der Waals surface area (Å²) in [6.45, 7) is 4.25. The number of hydrogen-bond donors (Lipinski definition) is 0. The van der Waals surface area contributed by atoms with Crippen molar-refractivity contribution in [3.05, 3.63) is 17.2 Å². The summed E-state index contributed by atoms with van der Waals surface area (Å²) in [5.41, 5.74) is 2.49. The zero-order chi connectivity index (χ0) is 11.0. The second-order valence-electron chi connectivity index (χ2n) is 4.15. The van der Waals surface area contributed by atoms with Crippen molar-refractivity contribution in [1.82, 2.24) is 0 Å². The van der Waals surface area contributed by atoms with Crippen LogP contribution in [0.1, 0.15) is 24.5 Å². The van der Waals surface area contributed by atoms with Crippen LogP contribution in [0.4, 0.5) is 0 Å². The molecular formula is C13H16O3. The van der Waals surface area contributed by atoms with E-state index in [9.17, 15) is 0 Å². The summed E-state index contributed by atoms with van der Waals surface area (Å²) in [5, 5.41) is 0. The summed E-state index contributed by atoms with van der Waals surface area (Å²) in [4.78, 5) is 0. The topological polar surface area (TPSA) is 27.7 Å². The van der Waals surface area contributed by atoms with Gasteiger partial charge in [-0.05, 0) is 31.4 Å². The monoisotopic (exact) mass is 220 g/mol.